The van der Waals surface area contributed by atoms with Crippen molar-refractivity contribution in [3.05, 3.63) is 41.8 Å². The topological polar surface area (TPSA) is 119 Å². The highest BCUT2D eigenvalue weighted by Gasteiger charge is 2.27. The van der Waals surface area contributed by atoms with E-state index in [4.69, 9.17) is 4.42 Å². The molecule has 0 saturated heterocycles. The normalized spacial score (nSPS) is 13.6. The molecule has 0 radical (unpaired) electrons. The van der Waals surface area contributed by atoms with Crippen LogP contribution in [-0.4, -0.2) is 38.5 Å². The summed E-state index contributed by atoms with van der Waals surface area (Å²) >= 11 is 0. The molecule has 0 spiro atoms. The van der Waals surface area contributed by atoms with Crippen LogP contribution in [0.3, 0.4) is 0 Å². The highest BCUT2D eigenvalue weighted by molar-refractivity contribution is 7.91. The highest BCUT2D eigenvalue weighted by Crippen LogP contribution is 2.21. The van der Waals surface area contributed by atoms with Crippen LogP contribution < -0.4 is 4.72 Å². The van der Waals surface area contributed by atoms with Crippen LogP contribution in [0.2, 0.25) is 0 Å². The predicted octanol–water partition coefficient (Wildman–Crippen LogP) is 1.87. The van der Waals surface area contributed by atoms with Crippen LogP contribution in [0.4, 0.5) is 0 Å². The smallest absolute Gasteiger partial charge is 0.335 e. The summed E-state index contributed by atoms with van der Waals surface area (Å²) < 4.78 is 56.2. The van der Waals surface area contributed by atoms with Crippen molar-refractivity contribution in [3.63, 3.8) is 0 Å². The van der Waals surface area contributed by atoms with Gasteiger partial charge in [0, 0.05) is 0 Å². The number of hydrogen-bond acceptors (Lipinski definition) is 7. The minimum Gasteiger partial charge on any atom is -0.411 e. The van der Waals surface area contributed by atoms with Gasteiger partial charge in [0.25, 0.3) is 0 Å². The molecule has 26 heavy (non-hydrogen) atoms. The maximum atomic E-state index is 12.3. The highest BCUT2D eigenvalue weighted by atomic mass is 32.2. The Balaban J connectivity index is 2.31. The average molecular weight is 402 g/mol. The summed E-state index contributed by atoms with van der Waals surface area (Å²) in [6, 6.07) is 8.36. The summed E-state index contributed by atoms with van der Waals surface area (Å²) in [4.78, 5) is 0. The molecule has 0 aliphatic carbocycles. The molecule has 0 saturated carbocycles. The third-order valence-corrected chi connectivity index (χ3v) is 6.66. The largest absolute Gasteiger partial charge is 0.411 e. The fourth-order valence-corrected chi connectivity index (χ4v) is 4.28. The van der Waals surface area contributed by atoms with Crippen LogP contribution in [0.5, 0.6) is 0 Å². The van der Waals surface area contributed by atoms with Crippen molar-refractivity contribution in [2.24, 2.45) is 0 Å². The second kappa shape index (κ2) is 8.74. The maximum Gasteiger partial charge on any atom is 0.335 e. The van der Waals surface area contributed by atoms with Crippen molar-refractivity contribution < 1.29 is 21.3 Å². The molecule has 0 unspecified atom stereocenters. The molecule has 2 rings (SSSR count). The summed E-state index contributed by atoms with van der Waals surface area (Å²) in [5, 5.41) is 6.84. The second-order valence-corrected chi connectivity index (χ2v) is 9.87. The molecule has 1 aromatic heterocycles. The number of aromatic nitrogens is 2. The molecule has 1 heterocycles. The minimum absolute atomic E-state index is 0.0248. The van der Waals surface area contributed by atoms with Crippen LogP contribution in [-0.2, 0) is 26.3 Å². The Labute approximate surface area is 154 Å². The van der Waals surface area contributed by atoms with Gasteiger partial charge in [0.15, 0.2) is 0 Å². The zero-order valence-corrected chi connectivity index (χ0v) is 16.4. The summed E-state index contributed by atoms with van der Waals surface area (Å²) in [7, 11) is -7.23. The first-order chi connectivity index (χ1) is 12.3. The Morgan fingerprint density at radius 1 is 1.08 bits per heavy atom. The summed E-state index contributed by atoms with van der Waals surface area (Å²) in [6.45, 7) is 3.37. The fourth-order valence-electron chi connectivity index (χ4n) is 2.25. The van der Waals surface area contributed by atoms with Crippen LogP contribution in [0.15, 0.2) is 40.0 Å². The average Bonchev–Trinajstić information content (AvgIpc) is 3.11. The standard InChI is InChI=1S/C16H23N3O5S2/c1-3-5-11-26(22,23)19-14(12-13-9-7-6-8-10-13)15-17-18-16(24-15)25(20,21)4-2/h6-10,14,19H,3-5,11-12H2,1-2H3/t14-/m0/s1. The number of benzene rings is 1. The zero-order chi connectivity index (χ0) is 19.2. The molecule has 1 atom stereocenters. The van der Waals surface area contributed by atoms with Gasteiger partial charge in [-0.3, -0.25) is 0 Å². The van der Waals surface area contributed by atoms with Gasteiger partial charge in [0.1, 0.15) is 6.04 Å². The predicted molar refractivity (Wildman–Crippen MR) is 96.7 cm³/mol. The van der Waals surface area contributed by atoms with E-state index in [2.05, 4.69) is 14.9 Å². The molecule has 144 valence electrons. The van der Waals surface area contributed by atoms with E-state index in [-0.39, 0.29) is 23.8 Å². The third kappa shape index (κ3) is 5.61. The lowest BCUT2D eigenvalue weighted by Crippen LogP contribution is -2.32. The van der Waals surface area contributed by atoms with Crippen molar-refractivity contribution in [3.8, 4) is 0 Å². The zero-order valence-electron chi connectivity index (χ0n) is 14.8. The van der Waals surface area contributed by atoms with Crippen LogP contribution in [0, 0.1) is 0 Å². The molecule has 0 fully saturated rings. The second-order valence-electron chi connectivity index (χ2n) is 5.84. The van der Waals surface area contributed by atoms with Crippen molar-refractivity contribution >= 4 is 19.9 Å². The quantitative estimate of drug-likeness (QED) is 0.645. The molecule has 1 aromatic carbocycles. The van der Waals surface area contributed by atoms with Crippen LogP contribution >= 0.6 is 0 Å². The van der Waals surface area contributed by atoms with Gasteiger partial charge in [-0.25, -0.2) is 21.6 Å². The Hall–Kier alpha value is -1.78. The monoisotopic (exact) mass is 401 g/mol. The first-order valence-corrected chi connectivity index (χ1v) is 11.7. The first kappa shape index (κ1) is 20.5. The van der Waals surface area contributed by atoms with E-state index in [1.165, 1.54) is 6.92 Å². The molecule has 2 aromatic rings. The van der Waals surface area contributed by atoms with Gasteiger partial charge in [-0.05, 0) is 18.4 Å². The van der Waals surface area contributed by atoms with Gasteiger partial charge in [-0.2, -0.15) is 0 Å². The molecule has 0 amide bonds. The van der Waals surface area contributed by atoms with Gasteiger partial charge < -0.3 is 4.42 Å². The lowest BCUT2D eigenvalue weighted by Gasteiger charge is -2.15. The number of sulfonamides is 1. The van der Waals surface area contributed by atoms with Crippen LogP contribution in [0.25, 0.3) is 0 Å². The fraction of sp³-hybridized carbons (Fsp3) is 0.500. The van der Waals surface area contributed by atoms with Crippen LogP contribution in [0.1, 0.15) is 44.2 Å². The van der Waals surface area contributed by atoms with Crippen molar-refractivity contribution in [1.82, 2.24) is 14.9 Å². The van der Waals surface area contributed by atoms with Crippen molar-refractivity contribution in [2.75, 3.05) is 11.5 Å². The van der Waals surface area contributed by atoms with Gasteiger partial charge in [0.05, 0.1) is 11.5 Å². The van der Waals surface area contributed by atoms with Crippen molar-refractivity contribution in [1.29, 1.82) is 0 Å². The first-order valence-electron chi connectivity index (χ1n) is 8.37. The van der Waals surface area contributed by atoms with E-state index >= 15 is 0 Å². The number of nitrogens with one attached hydrogen (secondary N) is 1. The minimum atomic E-state index is -3.66. The molecule has 10 heteroatoms. The Kier molecular flexibility index (Phi) is 6.90. The number of unbranched alkanes of at least 4 members (excludes halogenated alkanes) is 1. The van der Waals surface area contributed by atoms with Gasteiger partial charge >= 0.3 is 5.22 Å². The molecular formula is C16H23N3O5S2. The number of sulfone groups is 1. The van der Waals surface area contributed by atoms with E-state index in [0.29, 0.717) is 6.42 Å². The number of nitrogens with zero attached hydrogens (tertiary/aromatic N) is 2. The molecule has 0 bridgehead atoms. The van der Waals surface area contributed by atoms with E-state index in [1.807, 2.05) is 37.3 Å². The summed E-state index contributed by atoms with van der Waals surface area (Å²) in [5.74, 6) is -0.274. The number of rotatable bonds is 10. The lowest BCUT2D eigenvalue weighted by molar-refractivity contribution is 0.363. The lowest BCUT2D eigenvalue weighted by atomic mass is 10.1. The van der Waals surface area contributed by atoms with E-state index in [0.717, 1.165) is 12.0 Å². The van der Waals surface area contributed by atoms with Gasteiger partial charge in [-0.15, -0.1) is 5.10 Å². The van der Waals surface area contributed by atoms with Gasteiger partial charge in [-0.1, -0.05) is 55.7 Å². The van der Waals surface area contributed by atoms with Gasteiger partial charge in [0.2, 0.25) is 25.8 Å². The summed E-state index contributed by atoms with van der Waals surface area (Å²) in [6.07, 6.45) is 1.52. The molecule has 8 nitrogen and oxygen atoms in total. The third-order valence-electron chi connectivity index (χ3n) is 3.74. The van der Waals surface area contributed by atoms with E-state index in [1.54, 1.807) is 0 Å². The van der Waals surface area contributed by atoms with Crippen molar-refractivity contribution in [2.45, 2.75) is 44.4 Å². The maximum absolute atomic E-state index is 12.3. The van der Waals surface area contributed by atoms with E-state index < -0.39 is 31.1 Å². The molecular weight excluding hydrogens is 378 g/mol. The molecule has 1 N–H and O–H groups in total. The number of hydrogen-bond donors (Lipinski definition) is 1. The SMILES string of the molecule is CCCCS(=O)(=O)N[C@@H](Cc1ccccc1)c1nnc(S(=O)(=O)CC)o1. The summed E-state index contributed by atoms with van der Waals surface area (Å²) in [5.41, 5.74) is 0.855. The molecule has 0 aliphatic rings. The Morgan fingerprint density at radius 2 is 1.77 bits per heavy atom. The Morgan fingerprint density at radius 3 is 2.38 bits per heavy atom. The Bertz CT molecular complexity index is 908. The van der Waals surface area contributed by atoms with E-state index in [9.17, 15) is 16.8 Å². The molecule has 0 aliphatic heterocycles.